The van der Waals surface area contributed by atoms with Gasteiger partial charge in [-0.2, -0.15) is 5.10 Å². The zero-order valence-corrected chi connectivity index (χ0v) is 18.5. The molecule has 2 atom stereocenters. The number of aromatic amines is 1. The molecule has 0 spiro atoms. The summed E-state index contributed by atoms with van der Waals surface area (Å²) in [6.07, 6.45) is 2.82. The molecule has 3 N–H and O–H groups in total. The van der Waals surface area contributed by atoms with Crippen LogP contribution in [0.2, 0.25) is 0 Å². The van der Waals surface area contributed by atoms with Crippen LogP contribution in [-0.2, 0) is 16.0 Å². The molecule has 9 heteroatoms. The molecule has 0 saturated heterocycles. The fourth-order valence-electron chi connectivity index (χ4n) is 4.04. The lowest BCUT2D eigenvalue weighted by atomic mass is 10.0. The minimum Gasteiger partial charge on any atom is -0.449 e. The van der Waals surface area contributed by atoms with Gasteiger partial charge in [0.15, 0.2) is 5.82 Å². The van der Waals surface area contributed by atoms with Crippen LogP contribution in [0.3, 0.4) is 0 Å². The fourth-order valence-corrected chi connectivity index (χ4v) is 4.76. The van der Waals surface area contributed by atoms with Crippen LogP contribution in [0.25, 0.3) is 10.2 Å². The van der Waals surface area contributed by atoms with Gasteiger partial charge in [-0.1, -0.05) is 12.1 Å². The van der Waals surface area contributed by atoms with Gasteiger partial charge in [-0.3, -0.25) is 9.89 Å². The lowest BCUT2D eigenvalue weighted by Gasteiger charge is -2.13. The van der Waals surface area contributed by atoms with Crippen molar-refractivity contribution in [3.05, 3.63) is 41.0 Å². The van der Waals surface area contributed by atoms with Crippen molar-refractivity contribution in [1.29, 1.82) is 0 Å². The highest BCUT2D eigenvalue weighted by Crippen LogP contribution is 2.38. The van der Waals surface area contributed by atoms with Crippen LogP contribution in [-0.4, -0.2) is 39.8 Å². The number of nitrogens with one attached hydrogen (secondary N) is 3. The first kappa shape index (κ1) is 21.3. The Morgan fingerprint density at radius 1 is 1.32 bits per heavy atom. The molecule has 1 fully saturated rings. The van der Waals surface area contributed by atoms with Crippen LogP contribution >= 0.6 is 11.3 Å². The highest BCUT2D eigenvalue weighted by molar-refractivity contribution is 7.16. The number of anilines is 1. The number of rotatable bonds is 7. The number of carbonyl (C=O) groups is 2. The summed E-state index contributed by atoms with van der Waals surface area (Å²) in [4.78, 5) is 28.5. The molecular formula is C22H27N5O3S. The molecule has 4 rings (SSSR count). The second-order valence-electron chi connectivity index (χ2n) is 8.32. The number of aromatic nitrogens is 3. The first-order valence-electron chi connectivity index (χ1n) is 10.6. The third kappa shape index (κ3) is 5.41. The maximum absolute atomic E-state index is 12.5. The van der Waals surface area contributed by atoms with Gasteiger partial charge in [-0.15, -0.1) is 11.3 Å². The van der Waals surface area contributed by atoms with E-state index in [4.69, 9.17) is 4.74 Å². The minimum atomic E-state index is -0.363. The van der Waals surface area contributed by atoms with Crippen molar-refractivity contribution in [1.82, 2.24) is 20.5 Å². The standard InChI is InChI=1S/C22H27N5O3S/c1-13(2)24-22(29)30-11-14-6-7-15(8-14)17-10-19(27-26-17)25-20(28)9-16-4-3-5-18-21(16)23-12-31-18/h3-5,10,12-15H,6-9,11H2,1-2H3,(H,24,29)(H2,25,26,27,28)/t14?,15-/m0/s1. The van der Waals surface area contributed by atoms with E-state index < -0.39 is 0 Å². The molecule has 8 nitrogen and oxygen atoms in total. The topological polar surface area (TPSA) is 109 Å². The SMILES string of the molecule is CC(C)NC(=O)OCC1CC[C@H](c2cc(NC(=O)Cc3cccc4scnc34)n[nH]2)C1. The quantitative estimate of drug-likeness (QED) is 0.509. The lowest BCUT2D eigenvalue weighted by molar-refractivity contribution is -0.115. The number of amides is 2. The van der Waals surface area contributed by atoms with Crippen molar-refractivity contribution in [2.45, 2.75) is 51.5 Å². The lowest BCUT2D eigenvalue weighted by Crippen LogP contribution is -2.31. The number of carbonyl (C=O) groups excluding carboxylic acids is 2. The zero-order valence-electron chi connectivity index (χ0n) is 17.7. The van der Waals surface area contributed by atoms with Gasteiger partial charge in [0.1, 0.15) is 0 Å². The van der Waals surface area contributed by atoms with E-state index in [1.165, 1.54) is 0 Å². The Hall–Kier alpha value is -2.94. The van der Waals surface area contributed by atoms with Crippen molar-refractivity contribution < 1.29 is 14.3 Å². The van der Waals surface area contributed by atoms with Crippen molar-refractivity contribution in [2.75, 3.05) is 11.9 Å². The van der Waals surface area contributed by atoms with Gasteiger partial charge in [-0.25, -0.2) is 9.78 Å². The van der Waals surface area contributed by atoms with Crippen molar-refractivity contribution in [2.24, 2.45) is 5.92 Å². The van der Waals surface area contributed by atoms with E-state index in [0.29, 0.717) is 24.3 Å². The maximum atomic E-state index is 12.5. The Balaban J connectivity index is 1.28. The number of para-hydroxylation sites is 1. The number of nitrogens with zero attached hydrogens (tertiary/aromatic N) is 2. The highest BCUT2D eigenvalue weighted by Gasteiger charge is 2.28. The highest BCUT2D eigenvalue weighted by atomic mass is 32.1. The zero-order chi connectivity index (χ0) is 21.8. The van der Waals surface area contributed by atoms with E-state index in [0.717, 1.165) is 40.7 Å². The molecule has 1 aliphatic carbocycles. The van der Waals surface area contributed by atoms with Gasteiger partial charge in [0, 0.05) is 23.7 Å². The number of benzene rings is 1. The molecule has 0 radical (unpaired) electrons. The summed E-state index contributed by atoms with van der Waals surface area (Å²) in [5, 5.41) is 12.9. The molecule has 0 aliphatic heterocycles. The van der Waals surface area contributed by atoms with Crippen LogP contribution in [0.15, 0.2) is 29.8 Å². The monoisotopic (exact) mass is 441 g/mol. The molecule has 31 heavy (non-hydrogen) atoms. The van der Waals surface area contributed by atoms with Crippen LogP contribution < -0.4 is 10.6 Å². The van der Waals surface area contributed by atoms with Crippen LogP contribution in [0.4, 0.5) is 10.6 Å². The number of ether oxygens (including phenoxy) is 1. The second kappa shape index (κ2) is 9.47. The molecule has 2 heterocycles. The molecule has 1 aliphatic rings. The summed E-state index contributed by atoms with van der Waals surface area (Å²) >= 11 is 1.57. The number of thiazole rings is 1. The molecule has 2 amide bonds. The molecule has 1 aromatic carbocycles. The normalized spacial score (nSPS) is 18.4. The molecule has 0 bridgehead atoms. The number of hydrogen-bond acceptors (Lipinski definition) is 6. The second-order valence-corrected chi connectivity index (χ2v) is 9.21. The summed E-state index contributed by atoms with van der Waals surface area (Å²) < 4.78 is 6.40. The third-order valence-electron chi connectivity index (χ3n) is 5.50. The van der Waals surface area contributed by atoms with Gasteiger partial charge in [0.25, 0.3) is 0 Å². The van der Waals surface area contributed by atoms with Gasteiger partial charge in [0.05, 0.1) is 28.8 Å². The average molecular weight is 442 g/mol. The molecule has 2 aromatic heterocycles. The number of alkyl carbamates (subject to hydrolysis) is 1. The number of H-pyrrole nitrogens is 1. The van der Waals surface area contributed by atoms with Crippen LogP contribution in [0, 0.1) is 5.92 Å². The first-order chi connectivity index (χ1) is 15.0. The van der Waals surface area contributed by atoms with Crippen LogP contribution in [0.1, 0.15) is 50.3 Å². The Bertz CT molecular complexity index is 1060. The molecular weight excluding hydrogens is 414 g/mol. The van der Waals surface area contributed by atoms with E-state index in [1.807, 2.05) is 38.1 Å². The molecule has 1 unspecified atom stereocenters. The van der Waals surface area contributed by atoms with E-state index in [-0.39, 0.29) is 24.5 Å². The van der Waals surface area contributed by atoms with E-state index in [2.05, 4.69) is 25.8 Å². The third-order valence-corrected chi connectivity index (χ3v) is 6.29. The Labute approximate surface area is 184 Å². The largest absolute Gasteiger partial charge is 0.449 e. The van der Waals surface area contributed by atoms with Gasteiger partial charge in [-0.05, 0) is 50.7 Å². The first-order valence-corrected chi connectivity index (χ1v) is 11.5. The van der Waals surface area contributed by atoms with E-state index in [9.17, 15) is 9.59 Å². The van der Waals surface area contributed by atoms with E-state index in [1.54, 1.807) is 16.8 Å². The smallest absolute Gasteiger partial charge is 0.407 e. The number of fused-ring (bicyclic) bond motifs is 1. The average Bonchev–Trinajstić information content (AvgIpc) is 3.46. The minimum absolute atomic E-state index is 0.0666. The predicted octanol–water partition coefficient (Wildman–Crippen LogP) is 4.22. The van der Waals surface area contributed by atoms with Gasteiger partial charge in [0.2, 0.25) is 5.91 Å². The molecule has 164 valence electrons. The van der Waals surface area contributed by atoms with Crippen molar-refractivity contribution in [3.8, 4) is 0 Å². The predicted molar refractivity (Wildman–Crippen MR) is 120 cm³/mol. The van der Waals surface area contributed by atoms with Gasteiger partial charge >= 0.3 is 6.09 Å². The number of hydrogen-bond donors (Lipinski definition) is 3. The molecule has 1 saturated carbocycles. The Kier molecular flexibility index (Phi) is 6.50. The fraction of sp³-hybridized carbons (Fsp3) is 0.455. The summed E-state index contributed by atoms with van der Waals surface area (Å²) in [5.41, 5.74) is 4.59. The van der Waals surface area contributed by atoms with Gasteiger partial charge < -0.3 is 15.4 Å². The van der Waals surface area contributed by atoms with Crippen molar-refractivity contribution >= 4 is 39.4 Å². The van der Waals surface area contributed by atoms with E-state index >= 15 is 0 Å². The summed E-state index contributed by atoms with van der Waals surface area (Å²) in [5.74, 6) is 1.07. The summed E-state index contributed by atoms with van der Waals surface area (Å²) in [7, 11) is 0. The van der Waals surface area contributed by atoms with Crippen LogP contribution in [0.5, 0.6) is 0 Å². The Morgan fingerprint density at radius 2 is 2.19 bits per heavy atom. The summed E-state index contributed by atoms with van der Waals surface area (Å²) in [6, 6.07) is 7.85. The Morgan fingerprint density at radius 3 is 3.03 bits per heavy atom. The maximum Gasteiger partial charge on any atom is 0.407 e. The van der Waals surface area contributed by atoms with Crippen molar-refractivity contribution in [3.63, 3.8) is 0 Å². The molecule has 3 aromatic rings. The summed E-state index contributed by atoms with van der Waals surface area (Å²) in [6.45, 7) is 4.23.